The van der Waals surface area contributed by atoms with Gasteiger partial charge in [-0.2, -0.15) is 0 Å². The van der Waals surface area contributed by atoms with E-state index in [9.17, 15) is 9.59 Å². The van der Waals surface area contributed by atoms with Crippen molar-refractivity contribution in [3.8, 4) is 5.75 Å². The van der Waals surface area contributed by atoms with Crippen molar-refractivity contribution in [3.05, 3.63) is 77.3 Å². The molecule has 0 aliphatic rings. The van der Waals surface area contributed by atoms with Gasteiger partial charge < -0.3 is 15.0 Å². The van der Waals surface area contributed by atoms with E-state index in [1.807, 2.05) is 48.5 Å². The summed E-state index contributed by atoms with van der Waals surface area (Å²) in [4.78, 5) is 26.1. The molecule has 0 aliphatic heterocycles. The zero-order valence-corrected chi connectivity index (χ0v) is 16.3. The minimum Gasteiger partial charge on any atom is -0.490 e. The van der Waals surface area contributed by atoms with Crippen molar-refractivity contribution in [3.63, 3.8) is 0 Å². The van der Waals surface area contributed by atoms with E-state index in [1.165, 1.54) is 4.90 Å². The van der Waals surface area contributed by atoms with Crippen LogP contribution in [0.2, 0.25) is 5.02 Å². The van der Waals surface area contributed by atoms with Crippen LogP contribution in [0.3, 0.4) is 0 Å². The van der Waals surface area contributed by atoms with E-state index in [4.69, 9.17) is 16.3 Å². The summed E-state index contributed by atoms with van der Waals surface area (Å²) < 4.78 is 5.58. The molecule has 0 aromatic heterocycles. The Labute approximate surface area is 168 Å². The van der Waals surface area contributed by atoms with Gasteiger partial charge in [0.25, 0.3) is 5.91 Å². The molecule has 3 aromatic carbocycles. The van der Waals surface area contributed by atoms with E-state index < -0.39 is 0 Å². The summed E-state index contributed by atoms with van der Waals surface area (Å²) >= 11 is 6.03. The first kappa shape index (κ1) is 19.7. The first-order chi connectivity index (χ1) is 13.5. The maximum Gasteiger partial charge on any atom is 0.251 e. The third-order valence-corrected chi connectivity index (χ3v) is 4.67. The number of para-hydroxylation sites is 1. The molecule has 5 nitrogen and oxygen atoms in total. The fraction of sp³-hybridized carbons (Fsp3) is 0.182. The number of likely N-dealkylation sites (N-methyl/N-ethyl adjacent to an activating group) is 1. The Morgan fingerprint density at radius 3 is 2.50 bits per heavy atom. The van der Waals surface area contributed by atoms with Crippen LogP contribution in [-0.4, -0.2) is 43.5 Å². The molecular weight excluding hydrogens is 376 g/mol. The number of carbonyl (C=O) groups excluding carboxylic acids is 2. The largest absolute Gasteiger partial charge is 0.490 e. The van der Waals surface area contributed by atoms with Crippen molar-refractivity contribution in [1.82, 2.24) is 10.2 Å². The van der Waals surface area contributed by atoms with Crippen LogP contribution in [0.25, 0.3) is 10.8 Å². The monoisotopic (exact) mass is 396 g/mol. The summed E-state index contributed by atoms with van der Waals surface area (Å²) in [5, 5.41) is 5.24. The van der Waals surface area contributed by atoms with Crippen LogP contribution in [0, 0.1) is 0 Å². The van der Waals surface area contributed by atoms with Gasteiger partial charge in [0.05, 0.1) is 18.1 Å². The molecule has 0 bridgehead atoms. The molecule has 0 fully saturated rings. The lowest BCUT2D eigenvalue weighted by Crippen LogP contribution is -2.39. The number of nitrogens with one attached hydrogen (secondary N) is 1. The van der Waals surface area contributed by atoms with Gasteiger partial charge in [-0.3, -0.25) is 9.59 Å². The number of ether oxygens (including phenoxy) is 1. The lowest BCUT2D eigenvalue weighted by Gasteiger charge is -2.18. The second-order valence-electron chi connectivity index (χ2n) is 6.34. The van der Waals surface area contributed by atoms with E-state index in [-0.39, 0.29) is 18.4 Å². The van der Waals surface area contributed by atoms with Crippen LogP contribution in [0.1, 0.15) is 10.4 Å². The molecule has 0 saturated heterocycles. The van der Waals surface area contributed by atoms with Gasteiger partial charge in [0.1, 0.15) is 12.4 Å². The standard InChI is InChI=1S/C22H21ClN2O3/c1-25(12-13-28-20-9-5-4-8-19(20)23)21(26)15-24-22(27)18-11-10-16-6-2-3-7-17(16)14-18/h2-11,14H,12-13,15H2,1H3,(H,24,27). The number of nitrogens with zero attached hydrogens (tertiary/aromatic N) is 1. The molecular formula is C22H21ClN2O3. The Bertz CT molecular complexity index is 990. The van der Waals surface area contributed by atoms with Crippen molar-refractivity contribution >= 4 is 34.2 Å². The van der Waals surface area contributed by atoms with Gasteiger partial charge in [-0.05, 0) is 35.0 Å². The minimum absolute atomic E-state index is 0.0751. The van der Waals surface area contributed by atoms with Crippen LogP contribution in [-0.2, 0) is 4.79 Å². The molecule has 1 N–H and O–H groups in total. The first-order valence-corrected chi connectivity index (χ1v) is 9.30. The second-order valence-corrected chi connectivity index (χ2v) is 6.75. The molecule has 0 unspecified atom stereocenters. The van der Waals surface area contributed by atoms with Crippen molar-refractivity contribution in [2.24, 2.45) is 0 Å². The van der Waals surface area contributed by atoms with Gasteiger partial charge in [0.2, 0.25) is 5.91 Å². The summed E-state index contributed by atoms with van der Waals surface area (Å²) in [6.07, 6.45) is 0. The number of benzene rings is 3. The third kappa shape index (κ3) is 5.02. The number of hydrogen-bond acceptors (Lipinski definition) is 3. The lowest BCUT2D eigenvalue weighted by atomic mass is 10.1. The fourth-order valence-corrected chi connectivity index (χ4v) is 2.89. The quantitative estimate of drug-likeness (QED) is 0.661. The van der Waals surface area contributed by atoms with Gasteiger partial charge in [0.15, 0.2) is 0 Å². The third-order valence-electron chi connectivity index (χ3n) is 4.36. The molecule has 3 rings (SSSR count). The fourth-order valence-electron chi connectivity index (χ4n) is 2.70. The highest BCUT2D eigenvalue weighted by molar-refractivity contribution is 6.32. The number of fused-ring (bicyclic) bond motifs is 1. The Kier molecular flexibility index (Phi) is 6.50. The van der Waals surface area contributed by atoms with Crippen LogP contribution in [0.15, 0.2) is 66.7 Å². The molecule has 28 heavy (non-hydrogen) atoms. The molecule has 6 heteroatoms. The van der Waals surface area contributed by atoms with Gasteiger partial charge in [0, 0.05) is 12.6 Å². The average Bonchev–Trinajstić information content (AvgIpc) is 2.72. The molecule has 0 atom stereocenters. The Morgan fingerprint density at radius 1 is 1.00 bits per heavy atom. The molecule has 0 saturated carbocycles. The summed E-state index contributed by atoms with van der Waals surface area (Å²) in [5.41, 5.74) is 0.524. The van der Waals surface area contributed by atoms with Gasteiger partial charge in [-0.1, -0.05) is 54.1 Å². The van der Waals surface area contributed by atoms with Crippen molar-refractivity contribution in [2.45, 2.75) is 0 Å². The van der Waals surface area contributed by atoms with Gasteiger partial charge in [-0.25, -0.2) is 0 Å². The molecule has 2 amide bonds. The topological polar surface area (TPSA) is 58.6 Å². The minimum atomic E-state index is -0.278. The molecule has 0 aliphatic carbocycles. The summed E-state index contributed by atoms with van der Waals surface area (Å²) in [5.74, 6) is 0.103. The number of rotatable bonds is 7. The number of halogens is 1. The number of hydrogen-bond donors (Lipinski definition) is 1. The van der Waals surface area contributed by atoms with Crippen LogP contribution in [0.4, 0.5) is 0 Å². The predicted octanol–water partition coefficient (Wildman–Crippen LogP) is 3.76. The average molecular weight is 397 g/mol. The molecule has 3 aromatic rings. The zero-order valence-electron chi connectivity index (χ0n) is 15.5. The molecule has 144 valence electrons. The van der Waals surface area contributed by atoms with Crippen LogP contribution in [0.5, 0.6) is 5.75 Å². The van der Waals surface area contributed by atoms with E-state index >= 15 is 0 Å². The van der Waals surface area contributed by atoms with Gasteiger partial charge in [-0.15, -0.1) is 0 Å². The Morgan fingerprint density at radius 2 is 1.71 bits per heavy atom. The maximum atomic E-state index is 12.3. The predicted molar refractivity (Wildman–Crippen MR) is 111 cm³/mol. The van der Waals surface area contributed by atoms with Gasteiger partial charge >= 0.3 is 0 Å². The molecule has 0 spiro atoms. The highest BCUT2D eigenvalue weighted by atomic mass is 35.5. The van der Waals surface area contributed by atoms with Crippen molar-refractivity contribution in [1.29, 1.82) is 0 Å². The summed E-state index contributed by atoms with van der Waals surface area (Å²) in [6, 6.07) is 20.4. The molecule has 0 radical (unpaired) electrons. The summed E-state index contributed by atoms with van der Waals surface area (Å²) in [6.45, 7) is 0.620. The SMILES string of the molecule is CN(CCOc1ccccc1Cl)C(=O)CNC(=O)c1ccc2ccccc2c1. The van der Waals surface area contributed by atoms with E-state index in [0.717, 1.165) is 10.8 Å². The van der Waals surface area contributed by atoms with Crippen molar-refractivity contribution in [2.75, 3.05) is 26.7 Å². The molecule has 0 heterocycles. The van der Waals surface area contributed by atoms with Crippen LogP contribution < -0.4 is 10.1 Å². The Hall–Kier alpha value is -3.05. The maximum absolute atomic E-state index is 12.3. The highest BCUT2D eigenvalue weighted by Crippen LogP contribution is 2.22. The number of carbonyl (C=O) groups is 2. The van der Waals surface area contributed by atoms with E-state index in [1.54, 1.807) is 25.2 Å². The summed E-state index contributed by atoms with van der Waals surface area (Å²) in [7, 11) is 1.67. The normalized spacial score (nSPS) is 10.5. The highest BCUT2D eigenvalue weighted by Gasteiger charge is 2.12. The van der Waals surface area contributed by atoms with E-state index in [2.05, 4.69) is 5.32 Å². The Balaban J connectivity index is 1.47. The van der Waals surface area contributed by atoms with E-state index in [0.29, 0.717) is 29.5 Å². The smallest absolute Gasteiger partial charge is 0.251 e. The zero-order chi connectivity index (χ0) is 19.9. The number of amides is 2. The van der Waals surface area contributed by atoms with Crippen LogP contribution >= 0.6 is 11.6 Å². The van der Waals surface area contributed by atoms with Crippen molar-refractivity contribution < 1.29 is 14.3 Å². The second kappa shape index (κ2) is 9.24. The lowest BCUT2D eigenvalue weighted by molar-refractivity contribution is -0.129. The first-order valence-electron chi connectivity index (χ1n) is 8.93.